The molecule has 0 N–H and O–H groups in total. The minimum absolute atomic E-state index is 0.102. The minimum atomic E-state index is 0.102. The third-order valence-electron chi connectivity index (χ3n) is 7.34. The second kappa shape index (κ2) is 7.81. The van der Waals surface area contributed by atoms with Gasteiger partial charge >= 0.3 is 0 Å². The average Bonchev–Trinajstić information content (AvgIpc) is 3.41. The molecule has 1 nitrogen and oxygen atoms in total. The van der Waals surface area contributed by atoms with Gasteiger partial charge in [-0.25, -0.2) is 0 Å². The van der Waals surface area contributed by atoms with Gasteiger partial charge in [0.05, 0.1) is 11.0 Å². The van der Waals surface area contributed by atoms with Crippen LogP contribution in [0.2, 0.25) is 0 Å². The van der Waals surface area contributed by atoms with Gasteiger partial charge in [-0.15, -0.1) is 11.3 Å². The summed E-state index contributed by atoms with van der Waals surface area (Å²) in [6.07, 6.45) is 0. The first kappa shape index (κ1) is 21.4. The van der Waals surface area contributed by atoms with Crippen LogP contribution in [0, 0.1) is 0 Å². The summed E-state index contributed by atoms with van der Waals surface area (Å²) in [5, 5.41) is 5.31. The van der Waals surface area contributed by atoms with E-state index in [1.807, 2.05) is 11.3 Å². The van der Waals surface area contributed by atoms with E-state index in [0.29, 0.717) is 0 Å². The van der Waals surface area contributed by atoms with Crippen LogP contribution in [0.1, 0.15) is 26.3 Å². The van der Waals surface area contributed by atoms with Crippen molar-refractivity contribution in [1.29, 1.82) is 0 Å². The SMILES string of the molecule is CC(C)(C)c1ccc2c(c1)c1cc3sc4ccc(-c5ccccc5)cc4c3cc1n2-c1ccccc1. The van der Waals surface area contributed by atoms with Gasteiger partial charge in [-0.2, -0.15) is 0 Å². The van der Waals surface area contributed by atoms with Gasteiger partial charge in [0.15, 0.2) is 0 Å². The lowest BCUT2D eigenvalue weighted by Crippen LogP contribution is -2.10. The summed E-state index contributed by atoms with van der Waals surface area (Å²) in [5.41, 5.74) is 7.71. The van der Waals surface area contributed by atoms with Crippen molar-refractivity contribution >= 4 is 53.3 Å². The molecular weight excluding hydrogens is 454 g/mol. The van der Waals surface area contributed by atoms with E-state index >= 15 is 0 Å². The Labute approximate surface area is 215 Å². The smallest absolute Gasteiger partial charge is 0.0548 e. The maximum atomic E-state index is 2.43. The van der Waals surface area contributed by atoms with Crippen LogP contribution in [-0.4, -0.2) is 4.57 Å². The van der Waals surface area contributed by atoms with E-state index in [9.17, 15) is 0 Å². The minimum Gasteiger partial charge on any atom is -0.309 e. The van der Waals surface area contributed by atoms with E-state index in [0.717, 1.165) is 0 Å². The van der Waals surface area contributed by atoms with Gasteiger partial charge in [-0.3, -0.25) is 0 Å². The predicted molar refractivity (Wildman–Crippen MR) is 158 cm³/mol. The highest BCUT2D eigenvalue weighted by atomic mass is 32.1. The first-order chi connectivity index (χ1) is 17.5. The number of nitrogens with zero attached hydrogens (tertiary/aromatic N) is 1. The molecule has 174 valence electrons. The maximum Gasteiger partial charge on any atom is 0.0548 e. The first-order valence-corrected chi connectivity index (χ1v) is 13.3. The lowest BCUT2D eigenvalue weighted by Gasteiger charge is -2.19. The summed E-state index contributed by atoms with van der Waals surface area (Å²) in [6.45, 7) is 6.87. The van der Waals surface area contributed by atoms with E-state index < -0.39 is 0 Å². The Morgan fingerprint density at radius 1 is 0.528 bits per heavy atom. The van der Waals surface area contributed by atoms with Crippen LogP contribution < -0.4 is 0 Å². The number of hydrogen-bond donors (Lipinski definition) is 0. The fourth-order valence-electron chi connectivity index (χ4n) is 5.42. The number of thiophene rings is 1. The summed E-state index contributed by atoms with van der Waals surface area (Å²) in [4.78, 5) is 0. The number of para-hydroxylation sites is 1. The normalized spacial score (nSPS) is 12.3. The molecule has 0 atom stereocenters. The summed E-state index contributed by atoms with van der Waals surface area (Å²) < 4.78 is 5.11. The molecule has 0 spiro atoms. The number of rotatable bonds is 2. The molecule has 7 aromatic rings. The van der Waals surface area contributed by atoms with E-state index in [1.54, 1.807) is 0 Å². The Hall–Kier alpha value is -3.88. The molecule has 2 heteroatoms. The molecule has 0 aliphatic heterocycles. The first-order valence-electron chi connectivity index (χ1n) is 12.5. The Bertz CT molecular complexity index is 1900. The zero-order valence-corrected chi connectivity index (χ0v) is 21.6. The lowest BCUT2D eigenvalue weighted by molar-refractivity contribution is 0.591. The van der Waals surface area contributed by atoms with E-state index in [4.69, 9.17) is 0 Å². The topological polar surface area (TPSA) is 4.93 Å². The van der Waals surface area contributed by atoms with Crippen molar-refractivity contribution in [3.63, 3.8) is 0 Å². The number of aromatic nitrogens is 1. The Morgan fingerprint density at radius 3 is 1.97 bits per heavy atom. The summed E-state index contributed by atoms with van der Waals surface area (Å²) in [6, 6.07) is 40.2. The lowest BCUT2D eigenvalue weighted by atomic mass is 9.86. The molecule has 0 radical (unpaired) electrons. The molecule has 36 heavy (non-hydrogen) atoms. The largest absolute Gasteiger partial charge is 0.309 e. The molecular formula is C34H27NS. The quantitative estimate of drug-likeness (QED) is 0.231. The molecule has 0 bridgehead atoms. The Kier molecular flexibility index (Phi) is 4.64. The zero-order chi connectivity index (χ0) is 24.4. The molecule has 0 unspecified atom stereocenters. The van der Waals surface area contributed by atoms with Crippen LogP contribution in [0.25, 0.3) is 58.8 Å². The van der Waals surface area contributed by atoms with Crippen LogP contribution in [0.15, 0.2) is 109 Å². The molecule has 0 aliphatic rings. The predicted octanol–water partition coefficient (Wildman–Crippen LogP) is 10.1. The van der Waals surface area contributed by atoms with Crippen LogP contribution in [0.4, 0.5) is 0 Å². The highest BCUT2D eigenvalue weighted by molar-refractivity contribution is 7.25. The van der Waals surface area contributed by atoms with Gasteiger partial charge in [0.2, 0.25) is 0 Å². The van der Waals surface area contributed by atoms with Gasteiger partial charge in [0, 0.05) is 36.6 Å². The van der Waals surface area contributed by atoms with Crippen molar-refractivity contribution in [2.75, 3.05) is 0 Å². The molecule has 0 saturated carbocycles. The van der Waals surface area contributed by atoms with Crippen molar-refractivity contribution < 1.29 is 0 Å². The molecule has 2 heterocycles. The Morgan fingerprint density at radius 2 is 1.22 bits per heavy atom. The van der Waals surface area contributed by atoms with Crippen LogP contribution in [-0.2, 0) is 5.41 Å². The fraction of sp³-hybridized carbons (Fsp3) is 0.118. The number of hydrogen-bond acceptors (Lipinski definition) is 1. The number of benzene rings is 5. The second-order valence-electron chi connectivity index (χ2n) is 10.7. The standard InChI is InChI=1S/C34H27NS/c1-34(2,3)24-15-16-30-26(19-24)27-21-33-29(20-31(27)35(30)25-12-8-5-9-13-25)28-18-23(14-17-32(28)36-33)22-10-6-4-7-11-22/h4-21H,1-3H3. The highest BCUT2D eigenvalue weighted by Crippen LogP contribution is 2.42. The van der Waals surface area contributed by atoms with Gasteiger partial charge in [0.1, 0.15) is 0 Å². The summed E-state index contributed by atoms with van der Waals surface area (Å²) in [5.74, 6) is 0. The fourth-order valence-corrected chi connectivity index (χ4v) is 6.53. The second-order valence-corrected chi connectivity index (χ2v) is 11.8. The molecule has 0 amide bonds. The van der Waals surface area contributed by atoms with E-state index in [2.05, 4.69) is 135 Å². The third kappa shape index (κ3) is 3.29. The van der Waals surface area contributed by atoms with Gasteiger partial charge in [0.25, 0.3) is 0 Å². The van der Waals surface area contributed by atoms with Crippen molar-refractivity contribution in [3.05, 3.63) is 115 Å². The summed E-state index contributed by atoms with van der Waals surface area (Å²) in [7, 11) is 0. The van der Waals surface area contributed by atoms with Crippen molar-refractivity contribution in [1.82, 2.24) is 4.57 Å². The maximum absolute atomic E-state index is 2.43. The van der Waals surface area contributed by atoms with Crippen molar-refractivity contribution in [2.45, 2.75) is 26.2 Å². The monoisotopic (exact) mass is 481 g/mol. The van der Waals surface area contributed by atoms with Crippen molar-refractivity contribution in [3.8, 4) is 16.8 Å². The molecule has 5 aromatic carbocycles. The Balaban J connectivity index is 1.58. The van der Waals surface area contributed by atoms with Crippen LogP contribution in [0.5, 0.6) is 0 Å². The molecule has 0 fully saturated rings. The van der Waals surface area contributed by atoms with Crippen LogP contribution >= 0.6 is 11.3 Å². The molecule has 7 rings (SSSR count). The highest BCUT2D eigenvalue weighted by Gasteiger charge is 2.19. The van der Waals surface area contributed by atoms with Gasteiger partial charge < -0.3 is 4.57 Å². The zero-order valence-electron chi connectivity index (χ0n) is 20.7. The van der Waals surface area contributed by atoms with E-state index in [1.165, 1.54) is 64.4 Å². The average molecular weight is 482 g/mol. The summed E-state index contributed by atoms with van der Waals surface area (Å²) >= 11 is 1.89. The third-order valence-corrected chi connectivity index (χ3v) is 8.48. The molecule has 0 aliphatic carbocycles. The molecule has 2 aromatic heterocycles. The van der Waals surface area contributed by atoms with Crippen LogP contribution in [0.3, 0.4) is 0 Å². The van der Waals surface area contributed by atoms with Gasteiger partial charge in [-0.05, 0) is 70.6 Å². The number of fused-ring (bicyclic) bond motifs is 6. The van der Waals surface area contributed by atoms with Crippen molar-refractivity contribution in [2.24, 2.45) is 0 Å². The van der Waals surface area contributed by atoms with E-state index in [-0.39, 0.29) is 5.41 Å². The van der Waals surface area contributed by atoms with Gasteiger partial charge in [-0.1, -0.05) is 81.4 Å². The molecule has 0 saturated heterocycles.